The number of aromatic nitrogens is 2. The Balaban J connectivity index is 1.44. The van der Waals surface area contributed by atoms with Crippen molar-refractivity contribution in [2.24, 2.45) is 5.41 Å². The molecule has 0 atom stereocenters. The van der Waals surface area contributed by atoms with Crippen molar-refractivity contribution < 1.29 is 14.3 Å². The van der Waals surface area contributed by atoms with Crippen molar-refractivity contribution >= 4 is 12.0 Å². The zero-order valence-corrected chi connectivity index (χ0v) is 14.7. The van der Waals surface area contributed by atoms with E-state index < -0.39 is 0 Å². The zero-order chi connectivity index (χ0) is 17.3. The molecule has 0 saturated carbocycles. The molecule has 2 aliphatic heterocycles. The molecule has 7 nitrogen and oxygen atoms in total. The molecular formula is C17H26N4O3. The molecule has 3 rings (SSSR count). The van der Waals surface area contributed by atoms with Crippen molar-refractivity contribution in [3.8, 4) is 0 Å². The number of unbranched alkanes of at least 4 members (excludes halogenated alkanes) is 1. The maximum atomic E-state index is 12.4. The Bertz CT molecular complexity index is 611. The van der Waals surface area contributed by atoms with E-state index in [0.717, 1.165) is 18.5 Å². The summed E-state index contributed by atoms with van der Waals surface area (Å²) in [4.78, 5) is 27.8. The van der Waals surface area contributed by atoms with Crippen LogP contribution in [0.15, 0.2) is 6.07 Å². The highest BCUT2D eigenvalue weighted by Crippen LogP contribution is 2.40. The quantitative estimate of drug-likeness (QED) is 0.838. The van der Waals surface area contributed by atoms with Crippen LogP contribution < -0.4 is 0 Å². The average Bonchev–Trinajstić information content (AvgIpc) is 2.94. The van der Waals surface area contributed by atoms with Crippen molar-refractivity contribution in [3.05, 3.63) is 17.5 Å². The number of rotatable bonds is 5. The van der Waals surface area contributed by atoms with Gasteiger partial charge in [-0.3, -0.25) is 9.89 Å². The molecule has 1 aromatic heterocycles. The molecule has 0 aliphatic carbocycles. The summed E-state index contributed by atoms with van der Waals surface area (Å²) in [5, 5.41) is 7.03. The first kappa shape index (κ1) is 16.8. The summed E-state index contributed by atoms with van der Waals surface area (Å²) in [7, 11) is 0. The van der Waals surface area contributed by atoms with Crippen molar-refractivity contribution in [2.45, 2.75) is 39.5 Å². The van der Waals surface area contributed by atoms with E-state index in [9.17, 15) is 9.59 Å². The molecule has 0 radical (unpaired) electrons. The number of carbonyl (C=O) groups is 2. The summed E-state index contributed by atoms with van der Waals surface area (Å²) in [6.45, 7) is 9.41. The molecule has 132 valence electrons. The Morgan fingerprint density at radius 2 is 1.96 bits per heavy atom. The molecule has 0 aromatic carbocycles. The van der Waals surface area contributed by atoms with Crippen LogP contribution in [0.5, 0.6) is 0 Å². The van der Waals surface area contributed by atoms with E-state index in [2.05, 4.69) is 31.0 Å². The van der Waals surface area contributed by atoms with Crippen LogP contribution in [0.3, 0.4) is 0 Å². The van der Waals surface area contributed by atoms with E-state index >= 15 is 0 Å². The molecule has 0 bridgehead atoms. The van der Waals surface area contributed by atoms with Crippen LogP contribution in [0, 0.1) is 5.41 Å². The van der Waals surface area contributed by atoms with E-state index in [4.69, 9.17) is 4.74 Å². The Morgan fingerprint density at radius 3 is 2.54 bits per heavy atom. The van der Waals surface area contributed by atoms with Gasteiger partial charge >= 0.3 is 6.09 Å². The van der Waals surface area contributed by atoms with Gasteiger partial charge in [-0.2, -0.15) is 5.10 Å². The Morgan fingerprint density at radius 1 is 1.29 bits per heavy atom. The summed E-state index contributed by atoms with van der Waals surface area (Å²) in [6, 6.07) is 1.83. The molecule has 1 spiro atoms. The van der Waals surface area contributed by atoms with Crippen LogP contribution in [-0.4, -0.2) is 64.8 Å². The molecule has 2 saturated heterocycles. The second-order valence-corrected chi connectivity index (χ2v) is 7.35. The second-order valence-electron chi connectivity index (χ2n) is 7.35. The molecule has 2 amide bonds. The van der Waals surface area contributed by atoms with Crippen molar-refractivity contribution in [3.63, 3.8) is 0 Å². The normalized spacial score (nSPS) is 18.5. The van der Waals surface area contributed by atoms with Gasteiger partial charge in [0.1, 0.15) is 5.69 Å². The van der Waals surface area contributed by atoms with Gasteiger partial charge in [-0.05, 0) is 18.4 Å². The molecule has 2 aliphatic rings. The number of nitrogens with one attached hydrogen (secondary N) is 1. The van der Waals surface area contributed by atoms with Gasteiger partial charge in [-0.25, -0.2) is 4.79 Å². The van der Waals surface area contributed by atoms with Gasteiger partial charge in [0.2, 0.25) is 0 Å². The van der Waals surface area contributed by atoms with Gasteiger partial charge < -0.3 is 14.5 Å². The average molecular weight is 334 g/mol. The standard InChI is InChI=1S/C17H26N4O3/c1-4-5-6-24-16(23)21-10-17(11-21)8-20(9-17)15(22)14-7-13(12(2)3)18-19-14/h7,12H,4-6,8-11H2,1-3H3,(H,18,19). The predicted molar refractivity (Wildman–Crippen MR) is 88.8 cm³/mol. The maximum absolute atomic E-state index is 12.4. The van der Waals surface area contributed by atoms with Crippen LogP contribution in [0.25, 0.3) is 0 Å². The van der Waals surface area contributed by atoms with E-state index in [-0.39, 0.29) is 17.4 Å². The molecule has 1 aromatic rings. The summed E-state index contributed by atoms with van der Waals surface area (Å²) in [6.07, 6.45) is 1.68. The fourth-order valence-corrected chi connectivity index (χ4v) is 3.30. The lowest BCUT2D eigenvalue weighted by molar-refractivity contribution is -0.0894. The number of ether oxygens (including phenoxy) is 1. The first-order valence-electron chi connectivity index (χ1n) is 8.70. The third-order valence-corrected chi connectivity index (χ3v) is 4.81. The molecule has 7 heteroatoms. The van der Waals surface area contributed by atoms with Gasteiger partial charge in [-0.1, -0.05) is 27.2 Å². The van der Waals surface area contributed by atoms with Gasteiger partial charge in [0.05, 0.1) is 6.61 Å². The van der Waals surface area contributed by atoms with Crippen LogP contribution in [-0.2, 0) is 4.74 Å². The fourth-order valence-electron chi connectivity index (χ4n) is 3.30. The minimum absolute atomic E-state index is 0.0345. The van der Waals surface area contributed by atoms with Gasteiger partial charge in [-0.15, -0.1) is 0 Å². The zero-order valence-electron chi connectivity index (χ0n) is 14.7. The molecule has 3 heterocycles. The predicted octanol–water partition coefficient (Wildman–Crippen LogP) is 2.23. The lowest BCUT2D eigenvalue weighted by Crippen LogP contribution is -2.73. The topological polar surface area (TPSA) is 78.5 Å². The molecular weight excluding hydrogens is 308 g/mol. The van der Waals surface area contributed by atoms with Crippen molar-refractivity contribution in [1.82, 2.24) is 20.0 Å². The number of H-pyrrole nitrogens is 1. The Labute approximate surface area is 142 Å². The number of hydrogen-bond donors (Lipinski definition) is 1. The lowest BCUT2D eigenvalue weighted by atomic mass is 9.73. The molecule has 0 unspecified atom stereocenters. The fraction of sp³-hybridized carbons (Fsp3) is 0.706. The van der Waals surface area contributed by atoms with Gasteiger partial charge in [0.25, 0.3) is 5.91 Å². The number of carbonyl (C=O) groups excluding carboxylic acids is 2. The van der Waals surface area contributed by atoms with E-state index in [0.29, 0.717) is 44.4 Å². The van der Waals surface area contributed by atoms with Gasteiger partial charge in [0.15, 0.2) is 0 Å². The highest BCUT2D eigenvalue weighted by molar-refractivity contribution is 5.93. The smallest absolute Gasteiger partial charge is 0.409 e. The highest BCUT2D eigenvalue weighted by Gasteiger charge is 2.55. The summed E-state index contributed by atoms with van der Waals surface area (Å²) in [5.74, 6) is 0.286. The summed E-state index contributed by atoms with van der Waals surface area (Å²) in [5.41, 5.74) is 1.51. The number of likely N-dealkylation sites (tertiary alicyclic amines) is 2. The van der Waals surface area contributed by atoms with E-state index in [1.54, 1.807) is 9.80 Å². The summed E-state index contributed by atoms with van der Waals surface area (Å²) < 4.78 is 5.21. The second kappa shape index (κ2) is 6.45. The first-order chi connectivity index (χ1) is 11.4. The summed E-state index contributed by atoms with van der Waals surface area (Å²) >= 11 is 0. The number of hydrogen-bond acceptors (Lipinski definition) is 4. The maximum Gasteiger partial charge on any atom is 0.409 e. The minimum atomic E-state index is -0.229. The Hall–Kier alpha value is -2.05. The third kappa shape index (κ3) is 3.12. The Kier molecular flexibility index (Phi) is 4.51. The number of amides is 2. The van der Waals surface area contributed by atoms with Crippen LogP contribution in [0.2, 0.25) is 0 Å². The van der Waals surface area contributed by atoms with Crippen LogP contribution >= 0.6 is 0 Å². The number of nitrogens with zero attached hydrogens (tertiary/aromatic N) is 3. The van der Waals surface area contributed by atoms with E-state index in [1.165, 1.54) is 0 Å². The van der Waals surface area contributed by atoms with E-state index in [1.807, 2.05) is 6.07 Å². The van der Waals surface area contributed by atoms with Crippen LogP contribution in [0.1, 0.15) is 55.7 Å². The monoisotopic (exact) mass is 334 g/mol. The lowest BCUT2D eigenvalue weighted by Gasteiger charge is -2.59. The molecule has 2 fully saturated rings. The first-order valence-corrected chi connectivity index (χ1v) is 8.70. The third-order valence-electron chi connectivity index (χ3n) is 4.81. The molecule has 24 heavy (non-hydrogen) atoms. The van der Waals surface area contributed by atoms with Crippen LogP contribution in [0.4, 0.5) is 4.79 Å². The number of aromatic amines is 1. The molecule has 1 N–H and O–H groups in total. The van der Waals surface area contributed by atoms with Crippen molar-refractivity contribution in [2.75, 3.05) is 32.8 Å². The SMILES string of the molecule is CCCCOC(=O)N1CC2(C1)CN(C(=O)c1cc(C(C)C)[nH]n1)C2. The largest absolute Gasteiger partial charge is 0.449 e. The highest BCUT2D eigenvalue weighted by atomic mass is 16.6. The minimum Gasteiger partial charge on any atom is -0.449 e. The van der Waals surface area contributed by atoms with Gasteiger partial charge in [0, 0.05) is 37.3 Å². The van der Waals surface area contributed by atoms with Crippen molar-refractivity contribution in [1.29, 1.82) is 0 Å².